The molecule has 2 aromatic rings. The Bertz CT molecular complexity index is 838. The predicted octanol–water partition coefficient (Wildman–Crippen LogP) is 5.63. The third-order valence-corrected chi connectivity index (χ3v) is 5.84. The summed E-state index contributed by atoms with van der Waals surface area (Å²) in [6.07, 6.45) is 3.50. The number of halogens is 2. The van der Waals surface area contributed by atoms with Gasteiger partial charge in [-0.15, -0.1) is 11.3 Å². The Morgan fingerprint density at radius 2 is 1.74 bits per heavy atom. The van der Waals surface area contributed by atoms with E-state index in [2.05, 4.69) is 23.7 Å². The number of nitrogens with zero attached hydrogens (tertiary/aromatic N) is 3. The molecule has 0 radical (unpaired) electrons. The minimum Gasteiger partial charge on any atom is -0.494 e. The molecule has 1 aromatic carbocycles. The Morgan fingerprint density at radius 1 is 1.10 bits per heavy atom. The Kier molecular flexibility index (Phi) is 11.6. The Hall–Kier alpha value is -2.06. The smallest absolute Gasteiger partial charge is 0.265 e. The molecule has 0 aliphatic carbocycles. The molecule has 2 rings (SSSR count). The van der Waals surface area contributed by atoms with Gasteiger partial charge in [-0.2, -0.15) is 0 Å². The highest BCUT2D eigenvalue weighted by Crippen LogP contribution is 2.33. The fraction of sp³-hybridized carbons (Fsp3) is 0.565. The number of ether oxygens (including phenoxy) is 1. The number of aryl methyl sites for hydroxylation is 1. The quantitative estimate of drug-likeness (QED) is 0.492. The molecule has 8 heteroatoms. The molecule has 1 aromatic heterocycles. The van der Waals surface area contributed by atoms with Crippen molar-refractivity contribution in [1.29, 1.82) is 0 Å². The van der Waals surface area contributed by atoms with Crippen molar-refractivity contribution < 1.29 is 18.3 Å². The number of hydrogen-bond donors (Lipinski definition) is 0. The third-order valence-electron chi connectivity index (χ3n) is 4.67. The van der Waals surface area contributed by atoms with E-state index in [0.29, 0.717) is 23.7 Å². The van der Waals surface area contributed by atoms with Gasteiger partial charge in [-0.3, -0.25) is 4.79 Å². The van der Waals surface area contributed by atoms with Gasteiger partial charge in [-0.25, -0.2) is 13.8 Å². The van der Waals surface area contributed by atoms with Crippen molar-refractivity contribution in [3.63, 3.8) is 0 Å². The summed E-state index contributed by atoms with van der Waals surface area (Å²) in [5.74, 6) is -1.61. The first kappa shape index (κ1) is 27.0. The van der Waals surface area contributed by atoms with Crippen LogP contribution >= 0.6 is 11.3 Å². The van der Waals surface area contributed by atoms with E-state index in [1.54, 1.807) is 11.8 Å². The molecule has 0 aliphatic rings. The van der Waals surface area contributed by atoms with Gasteiger partial charge in [0.25, 0.3) is 5.91 Å². The second-order valence-electron chi connectivity index (χ2n) is 7.44. The van der Waals surface area contributed by atoms with E-state index >= 15 is 0 Å². The number of hydrogen-bond acceptors (Lipinski definition) is 5. The summed E-state index contributed by atoms with van der Waals surface area (Å²) in [7, 11) is 5.25. The van der Waals surface area contributed by atoms with Crippen molar-refractivity contribution in [3.8, 4) is 16.3 Å². The molecule has 0 bridgehead atoms. The van der Waals surface area contributed by atoms with E-state index in [-0.39, 0.29) is 22.2 Å². The molecule has 0 atom stereocenters. The SMILES string of the molecule is CCCC.CCN(CCCN(C)C)C(=O)c1sc(-c2cc(F)c(OC)cc2F)nc1C. The zero-order valence-corrected chi connectivity index (χ0v) is 20.5. The topological polar surface area (TPSA) is 45.7 Å². The lowest BCUT2D eigenvalue weighted by Crippen LogP contribution is -2.33. The molecule has 0 N–H and O–H groups in total. The molecule has 174 valence electrons. The van der Waals surface area contributed by atoms with Crippen LogP contribution in [0.15, 0.2) is 12.1 Å². The summed E-state index contributed by atoms with van der Waals surface area (Å²) in [6.45, 7) is 10.1. The highest BCUT2D eigenvalue weighted by Gasteiger charge is 2.23. The number of benzene rings is 1. The maximum absolute atomic E-state index is 14.3. The lowest BCUT2D eigenvalue weighted by atomic mass is 10.2. The Balaban J connectivity index is 0.00000110. The van der Waals surface area contributed by atoms with Gasteiger partial charge in [-0.05, 0) is 47.0 Å². The largest absolute Gasteiger partial charge is 0.494 e. The van der Waals surface area contributed by atoms with Gasteiger partial charge in [0.1, 0.15) is 15.7 Å². The number of thiazole rings is 1. The minimum absolute atomic E-state index is 0.0242. The molecular formula is C23H35F2N3O2S. The average Bonchev–Trinajstić information content (AvgIpc) is 3.13. The number of carbonyl (C=O) groups is 1. The van der Waals surface area contributed by atoms with Crippen molar-refractivity contribution in [2.75, 3.05) is 40.8 Å². The fourth-order valence-electron chi connectivity index (χ4n) is 2.68. The maximum Gasteiger partial charge on any atom is 0.265 e. The zero-order valence-electron chi connectivity index (χ0n) is 19.7. The van der Waals surface area contributed by atoms with Crippen LogP contribution in [0.3, 0.4) is 0 Å². The molecule has 0 unspecified atom stereocenters. The average molecular weight is 456 g/mol. The predicted molar refractivity (Wildman–Crippen MR) is 124 cm³/mol. The number of amides is 1. The standard InChI is InChI=1S/C19H25F2N3O2S.C4H10/c1-6-24(9-7-8-23(3)4)19(25)17-12(2)22-18(27-17)13-10-15(21)16(26-5)11-14(13)20;1-3-4-2/h10-11H,6-9H2,1-5H3;3-4H2,1-2H3. The van der Waals surface area contributed by atoms with E-state index in [4.69, 9.17) is 4.74 Å². The fourth-order valence-corrected chi connectivity index (χ4v) is 3.74. The monoisotopic (exact) mass is 455 g/mol. The van der Waals surface area contributed by atoms with Gasteiger partial charge in [-0.1, -0.05) is 26.7 Å². The van der Waals surface area contributed by atoms with Crippen molar-refractivity contribution >= 4 is 17.2 Å². The number of aromatic nitrogens is 1. The summed E-state index contributed by atoms with van der Waals surface area (Å²) < 4.78 is 33.1. The summed E-state index contributed by atoms with van der Waals surface area (Å²) in [5.41, 5.74) is 0.540. The molecule has 0 saturated heterocycles. The third kappa shape index (κ3) is 7.85. The van der Waals surface area contributed by atoms with Gasteiger partial charge < -0.3 is 14.5 Å². The number of unbranched alkanes of at least 4 members (excludes halogenated alkanes) is 1. The first-order valence-electron chi connectivity index (χ1n) is 10.6. The number of carbonyl (C=O) groups excluding carboxylic acids is 1. The van der Waals surface area contributed by atoms with Gasteiger partial charge in [0.15, 0.2) is 11.6 Å². The molecule has 0 saturated carbocycles. The number of rotatable bonds is 9. The van der Waals surface area contributed by atoms with Crippen molar-refractivity contribution in [1.82, 2.24) is 14.8 Å². The van der Waals surface area contributed by atoms with Crippen molar-refractivity contribution in [2.45, 2.75) is 47.0 Å². The molecular weight excluding hydrogens is 420 g/mol. The minimum atomic E-state index is -0.673. The second-order valence-corrected chi connectivity index (χ2v) is 8.44. The molecule has 0 aliphatic heterocycles. The summed E-state index contributed by atoms with van der Waals surface area (Å²) >= 11 is 1.08. The molecule has 0 fully saturated rings. The zero-order chi connectivity index (χ0) is 23.6. The van der Waals surface area contributed by atoms with Crippen LogP contribution in [0.2, 0.25) is 0 Å². The Morgan fingerprint density at radius 3 is 2.26 bits per heavy atom. The van der Waals surface area contributed by atoms with Gasteiger partial charge in [0.2, 0.25) is 0 Å². The van der Waals surface area contributed by atoms with Crippen LogP contribution in [0.25, 0.3) is 10.6 Å². The Labute approximate surface area is 189 Å². The van der Waals surface area contributed by atoms with Gasteiger partial charge in [0.05, 0.1) is 12.8 Å². The van der Waals surface area contributed by atoms with Crippen LogP contribution in [0, 0.1) is 18.6 Å². The lowest BCUT2D eigenvalue weighted by molar-refractivity contribution is 0.0763. The summed E-state index contributed by atoms with van der Waals surface area (Å²) in [5, 5.41) is 0.277. The van der Waals surface area contributed by atoms with E-state index in [0.717, 1.165) is 36.4 Å². The molecule has 31 heavy (non-hydrogen) atoms. The van der Waals surface area contributed by atoms with E-state index < -0.39 is 11.6 Å². The van der Waals surface area contributed by atoms with Crippen LogP contribution < -0.4 is 4.74 Å². The number of methoxy groups -OCH3 is 1. The summed E-state index contributed by atoms with van der Waals surface area (Å²) in [6, 6.07) is 2.04. The van der Waals surface area contributed by atoms with Gasteiger partial charge in [0, 0.05) is 24.7 Å². The second kappa shape index (κ2) is 13.4. The summed E-state index contributed by atoms with van der Waals surface area (Å²) in [4.78, 5) is 21.4. The van der Waals surface area contributed by atoms with E-state index in [9.17, 15) is 13.6 Å². The van der Waals surface area contributed by atoms with Crippen LogP contribution in [0.1, 0.15) is 55.4 Å². The van der Waals surface area contributed by atoms with Crippen LogP contribution in [0.4, 0.5) is 8.78 Å². The van der Waals surface area contributed by atoms with Crippen LogP contribution in [-0.4, -0.2) is 61.5 Å². The van der Waals surface area contributed by atoms with E-state index in [1.165, 1.54) is 20.0 Å². The molecule has 1 amide bonds. The molecule has 5 nitrogen and oxygen atoms in total. The van der Waals surface area contributed by atoms with Crippen molar-refractivity contribution in [3.05, 3.63) is 34.3 Å². The maximum atomic E-state index is 14.3. The first-order valence-corrected chi connectivity index (χ1v) is 11.5. The lowest BCUT2D eigenvalue weighted by Gasteiger charge is -2.21. The van der Waals surface area contributed by atoms with Crippen LogP contribution in [0.5, 0.6) is 5.75 Å². The highest BCUT2D eigenvalue weighted by atomic mass is 32.1. The normalized spacial score (nSPS) is 10.6. The van der Waals surface area contributed by atoms with Crippen LogP contribution in [-0.2, 0) is 0 Å². The van der Waals surface area contributed by atoms with Gasteiger partial charge >= 0.3 is 0 Å². The first-order chi connectivity index (χ1) is 14.7. The molecule has 1 heterocycles. The highest BCUT2D eigenvalue weighted by molar-refractivity contribution is 7.17. The molecule has 0 spiro atoms. The van der Waals surface area contributed by atoms with E-state index in [1.807, 2.05) is 21.0 Å². The van der Waals surface area contributed by atoms with Crippen molar-refractivity contribution in [2.24, 2.45) is 0 Å².